The van der Waals surface area contributed by atoms with Crippen molar-refractivity contribution in [2.75, 3.05) is 0 Å². The average molecular weight is 187 g/mol. The van der Waals surface area contributed by atoms with Crippen LogP contribution in [0.5, 0.6) is 0 Å². The highest BCUT2D eigenvalue weighted by atomic mass is 15.0. The Morgan fingerprint density at radius 3 is 3.00 bits per heavy atom. The van der Waals surface area contributed by atoms with E-state index in [1.807, 2.05) is 12.1 Å². The van der Waals surface area contributed by atoms with Crippen LogP contribution in [0, 0.1) is 0 Å². The third-order valence-corrected chi connectivity index (χ3v) is 2.79. The lowest BCUT2D eigenvalue weighted by Crippen LogP contribution is -1.96. The summed E-state index contributed by atoms with van der Waals surface area (Å²) >= 11 is 0. The van der Waals surface area contributed by atoms with Gasteiger partial charge in [0.2, 0.25) is 0 Å². The van der Waals surface area contributed by atoms with E-state index >= 15 is 0 Å². The molecule has 0 aromatic carbocycles. The van der Waals surface area contributed by atoms with Crippen LogP contribution in [0.2, 0.25) is 0 Å². The van der Waals surface area contributed by atoms with E-state index in [2.05, 4.69) is 21.6 Å². The molecular weight excluding hydrogens is 174 g/mol. The van der Waals surface area contributed by atoms with Crippen LogP contribution in [-0.4, -0.2) is 9.38 Å². The summed E-state index contributed by atoms with van der Waals surface area (Å²) in [7, 11) is 0. The SMILES string of the molecule is NCc1nc(C2CC2)n2ccccc12. The second-order valence-electron chi connectivity index (χ2n) is 3.85. The predicted octanol–water partition coefficient (Wildman–Crippen LogP) is 1.67. The molecule has 0 aliphatic heterocycles. The van der Waals surface area contributed by atoms with Crippen LogP contribution in [-0.2, 0) is 6.54 Å². The van der Waals surface area contributed by atoms with E-state index in [1.165, 1.54) is 18.7 Å². The predicted molar refractivity (Wildman–Crippen MR) is 55.1 cm³/mol. The van der Waals surface area contributed by atoms with Gasteiger partial charge < -0.3 is 10.1 Å². The number of aromatic nitrogens is 2. The Bertz CT molecular complexity index is 468. The van der Waals surface area contributed by atoms with Crippen molar-refractivity contribution in [1.29, 1.82) is 0 Å². The van der Waals surface area contributed by atoms with Crippen molar-refractivity contribution in [2.24, 2.45) is 5.73 Å². The molecule has 3 rings (SSSR count). The maximum absolute atomic E-state index is 5.67. The molecule has 0 bridgehead atoms. The third kappa shape index (κ3) is 1.06. The maximum Gasteiger partial charge on any atom is 0.116 e. The lowest BCUT2D eigenvalue weighted by atomic mass is 10.3. The molecule has 0 spiro atoms. The van der Waals surface area contributed by atoms with Crippen molar-refractivity contribution < 1.29 is 0 Å². The minimum absolute atomic E-state index is 0.528. The molecule has 3 heteroatoms. The summed E-state index contributed by atoms with van der Waals surface area (Å²) < 4.78 is 2.18. The Morgan fingerprint density at radius 2 is 2.29 bits per heavy atom. The van der Waals surface area contributed by atoms with Gasteiger partial charge in [0, 0.05) is 18.7 Å². The van der Waals surface area contributed by atoms with Crippen molar-refractivity contribution in [3.63, 3.8) is 0 Å². The van der Waals surface area contributed by atoms with Gasteiger partial charge in [0.15, 0.2) is 0 Å². The number of fused-ring (bicyclic) bond motifs is 1. The first kappa shape index (κ1) is 8.00. The van der Waals surface area contributed by atoms with Gasteiger partial charge in [-0.3, -0.25) is 0 Å². The summed E-state index contributed by atoms with van der Waals surface area (Å²) in [6.07, 6.45) is 4.63. The fourth-order valence-electron chi connectivity index (χ4n) is 1.91. The molecule has 1 aliphatic carbocycles. The van der Waals surface area contributed by atoms with Crippen molar-refractivity contribution in [3.05, 3.63) is 35.9 Å². The zero-order valence-electron chi connectivity index (χ0n) is 7.98. The van der Waals surface area contributed by atoms with Crippen LogP contribution in [0.4, 0.5) is 0 Å². The molecule has 0 amide bonds. The van der Waals surface area contributed by atoms with E-state index in [0.29, 0.717) is 12.5 Å². The summed E-state index contributed by atoms with van der Waals surface area (Å²) in [6, 6.07) is 6.16. The van der Waals surface area contributed by atoms with Gasteiger partial charge in [-0.1, -0.05) is 6.07 Å². The number of hydrogen-bond donors (Lipinski definition) is 1. The number of imidazole rings is 1. The Hall–Kier alpha value is -1.35. The van der Waals surface area contributed by atoms with Gasteiger partial charge in [0.05, 0.1) is 11.2 Å². The van der Waals surface area contributed by atoms with Gasteiger partial charge in [0.25, 0.3) is 0 Å². The van der Waals surface area contributed by atoms with E-state index in [1.54, 1.807) is 0 Å². The van der Waals surface area contributed by atoms with E-state index in [0.717, 1.165) is 11.2 Å². The van der Waals surface area contributed by atoms with Crippen molar-refractivity contribution >= 4 is 5.52 Å². The van der Waals surface area contributed by atoms with E-state index in [-0.39, 0.29) is 0 Å². The molecule has 1 aliphatic rings. The van der Waals surface area contributed by atoms with E-state index in [4.69, 9.17) is 5.73 Å². The van der Waals surface area contributed by atoms with E-state index < -0.39 is 0 Å². The second-order valence-corrected chi connectivity index (χ2v) is 3.85. The van der Waals surface area contributed by atoms with Gasteiger partial charge in [-0.05, 0) is 25.0 Å². The fraction of sp³-hybridized carbons (Fsp3) is 0.364. The Labute approximate surface area is 82.6 Å². The standard InChI is InChI=1S/C11H13N3/c12-7-9-10-3-1-2-6-14(10)11(13-9)8-4-5-8/h1-3,6,8H,4-5,7,12H2. The van der Waals surface area contributed by atoms with Crippen LogP contribution >= 0.6 is 0 Å². The molecule has 0 radical (unpaired) electrons. The maximum atomic E-state index is 5.67. The number of nitrogens with zero attached hydrogens (tertiary/aromatic N) is 2. The normalized spacial score (nSPS) is 16.4. The average Bonchev–Trinajstić information content (AvgIpc) is 3.00. The molecule has 2 N–H and O–H groups in total. The number of hydrogen-bond acceptors (Lipinski definition) is 2. The van der Waals surface area contributed by atoms with Crippen LogP contribution < -0.4 is 5.73 Å². The molecule has 0 atom stereocenters. The zero-order valence-corrected chi connectivity index (χ0v) is 7.98. The molecule has 72 valence electrons. The summed E-state index contributed by atoms with van der Waals surface area (Å²) in [5.41, 5.74) is 7.86. The van der Waals surface area contributed by atoms with Crippen molar-refractivity contribution in [2.45, 2.75) is 25.3 Å². The highest BCUT2D eigenvalue weighted by Gasteiger charge is 2.28. The van der Waals surface area contributed by atoms with E-state index in [9.17, 15) is 0 Å². The van der Waals surface area contributed by atoms with Crippen LogP contribution in [0.1, 0.15) is 30.3 Å². The highest BCUT2D eigenvalue weighted by Crippen LogP contribution is 2.39. The zero-order chi connectivity index (χ0) is 9.54. The number of nitrogens with two attached hydrogens (primary N) is 1. The largest absolute Gasteiger partial charge is 0.325 e. The Kier molecular flexibility index (Phi) is 1.61. The van der Waals surface area contributed by atoms with Crippen molar-refractivity contribution in [3.8, 4) is 0 Å². The monoisotopic (exact) mass is 187 g/mol. The summed E-state index contributed by atoms with van der Waals surface area (Å²) in [5, 5.41) is 0. The smallest absolute Gasteiger partial charge is 0.116 e. The van der Waals surface area contributed by atoms with Crippen LogP contribution in [0.25, 0.3) is 5.52 Å². The Balaban J connectivity index is 2.28. The molecule has 2 aromatic rings. The molecule has 1 saturated carbocycles. The molecule has 1 fully saturated rings. The van der Waals surface area contributed by atoms with Crippen LogP contribution in [0.3, 0.4) is 0 Å². The molecule has 0 saturated heterocycles. The molecule has 2 heterocycles. The van der Waals surface area contributed by atoms with Gasteiger partial charge in [-0.15, -0.1) is 0 Å². The molecule has 3 nitrogen and oxygen atoms in total. The molecule has 14 heavy (non-hydrogen) atoms. The van der Waals surface area contributed by atoms with Crippen LogP contribution in [0.15, 0.2) is 24.4 Å². The summed E-state index contributed by atoms with van der Waals surface area (Å²) in [4.78, 5) is 4.61. The Morgan fingerprint density at radius 1 is 1.43 bits per heavy atom. The van der Waals surface area contributed by atoms with Gasteiger partial charge in [0.1, 0.15) is 5.82 Å². The molecular formula is C11H13N3. The lowest BCUT2D eigenvalue weighted by Gasteiger charge is -1.96. The second kappa shape index (κ2) is 2.82. The first-order valence-corrected chi connectivity index (χ1v) is 5.06. The lowest BCUT2D eigenvalue weighted by molar-refractivity contribution is 0.904. The number of rotatable bonds is 2. The highest BCUT2D eigenvalue weighted by molar-refractivity contribution is 5.53. The quantitative estimate of drug-likeness (QED) is 0.777. The van der Waals surface area contributed by atoms with Gasteiger partial charge in [-0.25, -0.2) is 4.98 Å². The fourth-order valence-corrected chi connectivity index (χ4v) is 1.91. The summed E-state index contributed by atoms with van der Waals surface area (Å²) in [6.45, 7) is 0.528. The first-order chi connectivity index (χ1) is 6.90. The number of pyridine rings is 1. The first-order valence-electron chi connectivity index (χ1n) is 5.06. The van der Waals surface area contributed by atoms with Gasteiger partial charge >= 0.3 is 0 Å². The minimum atomic E-state index is 0.528. The topological polar surface area (TPSA) is 43.3 Å². The molecule has 2 aromatic heterocycles. The third-order valence-electron chi connectivity index (χ3n) is 2.79. The summed E-state index contributed by atoms with van der Waals surface area (Å²) in [5.74, 6) is 1.87. The van der Waals surface area contributed by atoms with Gasteiger partial charge in [-0.2, -0.15) is 0 Å². The van der Waals surface area contributed by atoms with Crippen molar-refractivity contribution in [1.82, 2.24) is 9.38 Å². The minimum Gasteiger partial charge on any atom is -0.325 e. The molecule has 0 unspecified atom stereocenters.